The molecule has 88 valence electrons. The molecule has 6 nitrogen and oxygen atoms in total. The van der Waals surface area contributed by atoms with Crippen LogP contribution in [0.2, 0.25) is 0 Å². The van der Waals surface area contributed by atoms with E-state index in [0.29, 0.717) is 17.5 Å². The maximum Gasteiger partial charge on any atom is 0.328 e. The highest BCUT2D eigenvalue weighted by molar-refractivity contribution is 5.81. The van der Waals surface area contributed by atoms with Crippen molar-refractivity contribution in [2.75, 3.05) is 17.7 Å². The van der Waals surface area contributed by atoms with Crippen LogP contribution in [-0.2, 0) is 4.79 Å². The number of anilines is 2. The average Bonchev–Trinajstić information content (AvgIpc) is 2.15. The van der Waals surface area contributed by atoms with Crippen LogP contribution in [0.25, 0.3) is 0 Å². The lowest BCUT2D eigenvalue weighted by molar-refractivity contribution is -0.141. The lowest BCUT2D eigenvalue weighted by atomic mass is 10.1. The molecule has 0 spiro atoms. The monoisotopic (exact) mass is 224 g/mol. The zero-order valence-electron chi connectivity index (χ0n) is 9.83. The lowest BCUT2D eigenvalue weighted by Gasteiger charge is -2.22. The minimum atomic E-state index is -1.06. The molecule has 1 aromatic rings. The zero-order chi connectivity index (χ0) is 12.3. The Bertz CT molecular complexity index is 404. The van der Waals surface area contributed by atoms with Gasteiger partial charge in [-0.05, 0) is 20.8 Å². The molecule has 0 aliphatic heterocycles. The molecule has 6 heteroatoms. The smallest absolute Gasteiger partial charge is 0.328 e. The second-order valence-electron chi connectivity index (χ2n) is 3.99. The van der Waals surface area contributed by atoms with Crippen molar-refractivity contribution < 1.29 is 9.90 Å². The van der Waals surface area contributed by atoms with Crippen LogP contribution in [0.5, 0.6) is 0 Å². The Morgan fingerprint density at radius 2 is 1.94 bits per heavy atom. The maximum absolute atomic E-state index is 10.9. The van der Waals surface area contributed by atoms with Crippen molar-refractivity contribution in [1.82, 2.24) is 9.97 Å². The summed E-state index contributed by atoms with van der Waals surface area (Å²) in [7, 11) is 1.74. The van der Waals surface area contributed by atoms with Gasteiger partial charge in [0.25, 0.3) is 0 Å². The molecule has 1 heterocycles. The van der Waals surface area contributed by atoms with Crippen LogP contribution in [0.1, 0.15) is 19.7 Å². The molecular weight excluding hydrogens is 208 g/mol. The van der Waals surface area contributed by atoms with Gasteiger partial charge < -0.3 is 15.7 Å². The van der Waals surface area contributed by atoms with E-state index in [9.17, 15) is 4.79 Å². The Labute approximate surface area is 94.1 Å². The van der Waals surface area contributed by atoms with Gasteiger partial charge in [-0.1, -0.05) is 0 Å². The van der Waals surface area contributed by atoms with Gasteiger partial charge in [0, 0.05) is 13.1 Å². The van der Waals surface area contributed by atoms with Crippen LogP contribution in [0, 0.1) is 6.92 Å². The van der Waals surface area contributed by atoms with Crippen molar-refractivity contribution in [3.8, 4) is 0 Å². The van der Waals surface area contributed by atoms with Crippen molar-refractivity contribution in [3.63, 3.8) is 0 Å². The molecule has 0 atom stereocenters. The first kappa shape index (κ1) is 12.2. The van der Waals surface area contributed by atoms with Crippen molar-refractivity contribution in [3.05, 3.63) is 11.9 Å². The quantitative estimate of drug-likeness (QED) is 0.710. The molecule has 0 aliphatic rings. The summed E-state index contributed by atoms with van der Waals surface area (Å²) in [6.45, 7) is 4.90. The van der Waals surface area contributed by atoms with Crippen LogP contribution < -0.4 is 10.6 Å². The van der Waals surface area contributed by atoms with Gasteiger partial charge in [0.05, 0.1) is 0 Å². The predicted octanol–water partition coefficient (Wildman–Crippen LogP) is 1.10. The third kappa shape index (κ3) is 2.82. The SMILES string of the molecule is CNc1cc(NC(C)(C)C(=O)O)nc(C)n1. The lowest BCUT2D eigenvalue weighted by Crippen LogP contribution is -2.40. The topological polar surface area (TPSA) is 87.1 Å². The van der Waals surface area contributed by atoms with E-state index in [2.05, 4.69) is 20.6 Å². The molecule has 0 aliphatic carbocycles. The molecule has 0 radical (unpaired) electrons. The maximum atomic E-state index is 10.9. The predicted molar refractivity (Wildman–Crippen MR) is 61.7 cm³/mol. The summed E-state index contributed by atoms with van der Waals surface area (Å²) in [5.41, 5.74) is -1.06. The van der Waals surface area contributed by atoms with E-state index in [1.807, 2.05) is 0 Å². The molecule has 1 aromatic heterocycles. The molecular formula is C10H16N4O2. The Morgan fingerprint density at radius 3 is 2.44 bits per heavy atom. The fourth-order valence-electron chi connectivity index (χ4n) is 1.13. The Hall–Kier alpha value is -1.85. The van der Waals surface area contributed by atoms with E-state index in [1.165, 1.54) is 0 Å². The van der Waals surface area contributed by atoms with Crippen LogP contribution >= 0.6 is 0 Å². The number of aromatic nitrogens is 2. The number of aryl methyl sites for hydroxylation is 1. The van der Waals surface area contributed by atoms with E-state index in [4.69, 9.17) is 5.11 Å². The van der Waals surface area contributed by atoms with Gasteiger partial charge in [-0.2, -0.15) is 0 Å². The zero-order valence-corrected chi connectivity index (χ0v) is 9.83. The summed E-state index contributed by atoms with van der Waals surface area (Å²) in [4.78, 5) is 19.2. The minimum absolute atomic E-state index is 0.490. The number of carboxylic acids is 1. The molecule has 0 saturated heterocycles. The van der Waals surface area contributed by atoms with Gasteiger partial charge in [-0.25, -0.2) is 14.8 Å². The molecule has 0 unspecified atom stereocenters. The van der Waals surface area contributed by atoms with E-state index >= 15 is 0 Å². The Kier molecular flexibility index (Phi) is 3.31. The molecule has 0 saturated carbocycles. The third-order valence-corrected chi connectivity index (χ3v) is 2.07. The number of rotatable bonds is 4. The minimum Gasteiger partial charge on any atom is -0.480 e. The second kappa shape index (κ2) is 4.34. The van der Waals surface area contributed by atoms with Gasteiger partial charge in [-0.3, -0.25) is 0 Å². The summed E-state index contributed by atoms with van der Waals surface area (Å²) < 4.78 is 0. The van der Waals surface area contributed by atoms with Crippen molar-refractivity contribution >= 4 is 17.6 Å². The summed E-state index contributed by atoms with van der Waals surface area (Å²) >= 11 is 0. The van der Waals surface area contributed by atoms with Gasteiger partial charge in [-0.15, -0.1) is 0 Å². The molecule has 16 heavy (non-hydrogen) atoms. The molecule has 3 N–H and O–H groups in total. The fourth-order valence-corrected chi connectivity index (χ4v) is 1.13. The Morgan fingerprint density at radius 1 is 1.38 bits per heavy atom. The molecule has 0 fully saturated rings. The van der Waals surface area contributed by atoms with Gasteiger partial charge in [0.2, 0.25) is 0 Å². The number of carbonyl (C=O) groups is 1. The average molecular weight is 224 g/mol. The van der Waals surface area contributed by atoms with Gasteiger partial charge in [0.15, 0.2) is 0 Å². The second-order valence-corrected chi connectivity index (χ2v) is 3.99. The van der Waals surface area contributed by atoms with Crippen LogP contribution in [0.15, 0.2) is 6.07 Å². The van der Waals surface area contributed by atoms with Gasteiger partial charge >= 0.3 is 5.97 Å². The number of carboxylic acid groups (broad SMARTS) is 1. The van der Waals surface area contributed by atoms with E-state index in [-0.39, 0.29) is 0 Å². The summed E-state index contributed by atoms with van der Waals surface area (Å²) in [5, 5.41) is 14.7. The highest BCUT2D eigenvalue weighted by Crippen LogP contribution is 2.16. The molecule has 0 bridgehead atoms. The highest BCUT2D eigenvalue weighted by atomic mass is 16.4. The summed E-state index contributed by atoms with van der Waals surface area (Å²) in [5.74, 6) is 0.783. The summed E-state index contributed by atoms with van der Waals surface area (Å²) in [6.07, 6.45) is 0. The number of hydrogen-bond donors (Lipinski definition) is 3. The standard InChI is InChI=1S/C10H16N4O2/c1-6-12-7(11-4)5-8(13-6)14-10(2,3)9(15)16/h5H,1-4H3,(H,15,16)(H2,11,12,13,14). The Balaban J connectivity index is 2.97. The highest BCUT2D eigenvalue weighted by Gasteiger charge is 2.27. The fraction of sp³-hybridized carbons (Fsp3) is 0.500. The molecule has 1 rings (SSSR count). The number of aliphatic carboxylic acids is 1. The third-order valence-electron chi connectivity index (χ3n) is 2.07. The van der Waals surface area contributed by atoms with E-state index in [0.717, 1.165) is 0 Å². The van der Waals surface area contributed by atoms with Crippen LogP contribution in [0.3, 0.4) is 0 Å². The van der Waals surface area contributed by atoms with E-state index in [1.54, 1.807) is 33.9 Å². The number of nitrogens with zero attached hydrogens (tertiary/aromatic N) is 2. The first-order chi connectivity index (χ1) is 7.35. The largest absolute Gasteiger partial charge is 0.480 e. The van der Waals surface area contributed by atoms with Crippen LogP contribution in [0.4, 0.5) is 11.6 Å². The van der Waals surface area contributed by atoms with Crippen molar-refractivity contribution in [2.45, 2.75) is 26.3 Å². The first-order valence-corrected chi connectivity index (χ1v) is 4.90. The van der Waals surface area contributed by atoms with Crippen LogP contribution in [-0.4, -0.2) is 33.6 Å². The van der Waals surface area contributed by atoms with E-state index < -0.39 is 11.5 Å². The molecule has 0 amide bonds. The van der Waals surface area contributed by atoms with Crippen molar-refractivity contribution in [2.24, 2.45) is 0 Å². The normalized spacial score (nSPS) is 11.0. The summed E-state index contributed by atoms with van der Waals surface area (Å²) in [6, 6.07) is 1.66. The number of hydrogen-bond acceptors (Lipinski definition) is 5. The van der Waals surface area contributed by atoms with Crippen molar-refractivity contribution in [1.29, 1.82) is 0 Å². The first-order valence-electron chi connectivity index (χ1n) is 4.90. The van der Waals surface area contributed by atoms with Gasteiger partial charge in [0.1, 0.15) is 23.0 Å². The number of nitrogens with one attached hydrogen (secondary N) is 2. The molecule has 0 aromatic carbocycles.